The second kappa shape index (κ2) is 8.31. The van der Waals surface area contributed by atoms with Gasteiger partial charge in [0.1, 0.15) is 6.61 Å². The van der Waals surface area contributed by atoms with Gasteiger partial charge in [0.2, 0.25) is 0 Å². The third-order valence-electron chi connectivity index (χ3n) is 6.78. The van der Waals surface area contributed by atoms with E-state index in [1.165, 1.54) is 4.90 Å². The quantitative estimate of drug-likeness (QED) is 0.627. The highest BCUT2D eigenvalue weighted by Gasteiger charge is 2.45. The van der Waals surface area contributed by atoms with Crippen LogP contribution in [-0.4, -0.2) is 58.2 Å². The summed E-state index contributed by atoms with van der Waals surface area (Å²) in [5, 5.41) is 17.2. The van der Waals surface area contributed by atoms with Crippen molar-refractivity contribution in [2.45, 2.75) is 19.4 Å². The van der Waals surface area contributed by atoms with Gasteiger partial charge in [-0.3, -0.25) is 10.00 Å². The first kappa shape index (κ1) is 21.1. The third-order valence-corrected chi connectivity index (χ3v) is 6.78. The molecule has 0 saturated carbocycles. The lowest BCUT2D eigenvalue weighted by molar-refractivity contribution is 0.0710. The zero-order valence-corrected chi connectivity index (χ0v) is 18.5. The zero-order valence-electron chi connectivity index (χ0n) is 18.5. The molecule has 2 aromatic carbocycles. The molecule has 2 fully saturated rings. The molecule has 1 aromatic heterocycles. The number of aromatic nitrogens is 2. The number of carboxylic acid groups (broad SMARTS) is 1. The molecule has 0 radical (unpaired) electrons. The molecule has 0 bridgehead atoms. The number of nitrogens with one attached hydrogen (secondary N) is 1. The Morgan fingerprint density at radius 2 is 1.85 bits per heavy atom. The summed E-state index contributed by atoms with van der Waals surface area (Å²) in [7, 11) is 1.85. The summed E-state index contributed by atoms with van der Waals surface area (Å²) in [5.74, 6) is 0.471. The van der Waals surface area contributed by atoms with Crippen LogP contribution in [0.3, 0.4) is 0 Å². The average Bonchev–Trinajstić information content (AvgIpc) is 3.11. The predicted molar refractivity (Wildman–Crippen MR) is 124 cm³/mol. The van der Waals surface area contributed by atoms with Gasteiger partial charge in [0.25, 0.3) is 0 Å². The van der Waals surface area contributed by atoms with E-state index in [0.717, 1.165) is 48.1 Å². The van der Waals surface area contributed by atoms with Crippen molar-refractivity contribution in [2.24, 2.45) is 12.5 Å². The fourth-order valence-electron chi connectivity index (χ4n) is 4.83. The highest BCUT2D eigenvalue weighted by molar-refractivity contribution is 5.98. The number of piperidine rings is 1. The summed E-state index contributed by atoms with van der Waals surface area (Å²) in [5.41, 5.74) is 3.16. The van der Waals surface area contributed by atoms with E-state index in [2.05, 4.69) is 21.4 Å². The lowest BCUT2D eigenvalue weighted by Crippen LogP contribution is -2.60. The maximum absolute atomic E-state index is 12.3. The number of fused-ring (bicyclic) bond motifs is 1. The molecule has 9 nitrogen and oxygen atoms in total. The first-order valence-corrected chi connectivity index (χ1v) is 11.1. The minimum Gasteiger partial charge on any atom is -0.465 e. The first-order valence-electron chi connectivity index (χ1n) is 11.1. The van der Waals surface area contributed by atoms with E-state index in [0.29, 0.717) is 18.9 Å². The Bertz CT molecular complexity index is 1180. The van der Waals surface area contributed by atoms with Crippen LogP contribution in [0, 0.1) is 5.41 Å². The highest BCUT2D eigenvalue weighted by atomic mass is 16.5. The smallest absolute Gasteiger partial charge is 0.413 e. The van der Waals surface area contributed by atoms with E-state index in [4.69, 9.17) is 9.84 Å². The molecule has 0 atom stereocenters. The molecular formula is C24H27N5O4. The molecule has 1 spiro atoms. The van der Waals surface area contributed by atoms with Gasteiger partial charge < -0.3 is 19.6 Å². The van der Waals surface area contributed by atoms with E-state index in [1.807, 2.05) is 49.5 Å². The lowest BCUT2D eigenvalue weighted by Gasteiger charge is -2.54. The Morgan fingerprint density at radius 1 is 1.12 bits per heavy atom. The number of likely N-dealkylation sites (tertiary alicyclic amines) is 1. The predicted octanol–water partition coefficient (Wildman–Crippen LogP) is 3.90. The van der Waals surface area contributed by atoms with Gasteiger partial charge in [-0.05, 0) is 36.6 Å². The number of rotatable bonds is 4. The number of amides is 2. The van der Waals surface area contributed by atoms with Crippen LogP contribution < -0.4 is 10.2 Å². The number of hydrogen-bond acceptors (Lipinski definition) is 5. The molecule has 2 aliphatic rings. The molecule has 0 aliphatic carbocycles. The van der Waals surface area contributed by atoms with Crippen molar-refractivity contribution < 1.29 is 19.4 Å². The fraction of sp³-hybridized carbons (Fsp3) is 0.375. The summed E-state index contributed by atoms with van der Waals surface area (Å²) >= 11 is 0. The second-order valence-electron chi connectivity index (χ2n) is 8.99. The van der Waals surface area contributed by atoms with Gasteiger partial charge in [-0.15, -0.1) is 0 Å². The SMILES string of the molecule is Cn1nc(NC(=O)OCc2ccccc2)c2ccc(N3CC4(CCN(C(=O)O)CC4)C3)cc21. The number of nitrogens with zero attached hydrogens (tertiary/aromatic N) is 4. The molecule has 2 saturated heterocycles. The molecule has 5 rings (SSSR count). The monoisotopic (exact) mass is 449 g/mol. The number of aryl methyl sites for hydroxylation is 1. The first-order chi connectivity index (χ1) is 15.9. The average molecular weight is 450 g/mol. The summed E-state index contributed by atoms with van der Waals surface area (Å²) in [6.07, 6.45) is 0.447. The molecule has 3 heterocycles. The van der Waals surface area contributed by atoms with Crippen molar-refractivity contribution >= 4 is 34.6 Å². The topological polar surface area (TPSA) is 99.9 Å². The van der Waals surface area contributed by atoms with Crippen LogP contribution in [0.25, 0.3) is 10.9 Å². The maximum atomic E-state index is 12.3. The number of carbonyl (C=O) groups excluding carboxylic acids is 1. The van der Waals surface area contributed by atoms with Crippen LogP contribution in [0.4, 0.5) is 21.1 Å². The van der Waals surface area contributed by atoms with Crippen molar-refractivity contribution in [2.75, 3.05) is 36.4 Å². The highest BCUT2D eigenvalue weighted by Crippen LogP contribution is 2.43. The Kier molecular flexibility index (Phi) is 5.32. The minimum atomic E-state index is -0.823. The van der Waals surface area contributed by atoms with Crippen LogP contribution in [-0.2, 0) is 18.4 Å². The summed E-state index contributed by atoms with van der Waals surface area (Å²) in [6.45, 7) is 3.28. The molecule has 33 heavy (non-hydrogen) atoms. The largest absolute Gasteiger partial charge is 0.465 e. The van der Waals surface area contributed by atoms with Crippen molar-refractivity contribution in [1.29, 1.82) is 0 Å². The van der Waals surface area contributed by atoms with Gasteiger partial charge >= 0.3 is 12.2 Å². The number of ether oxygens (including phenoxy) is 1. The summed E-state index contributed by atoms with van der Waals surface area (Å²) in [4.78, 5) is 27.3. The van der Waals surface area contributed by atoms with Crippen LogP contribution >= 0.6 is 0 Å². The van der Waals surface area contributed by atoms with Crippen molar-refractivity contribution in [3.63, 3.8) is 0 Å². The minimum absolute atomic E-state index is 0.197. The van der Waals surface area contributed by atoms with Gasteiger partial charge in [-0.25, -0.2) is 9.59 Å². The van der Waals surface area contributed by atoms with Crippen molar-refractivity contribution in [3.05, 3.63) is 54.1 Å². The number of benzene rings is 2. The van der Waals surface area contributed by atoms with Gasteiger partial charge in [0, 0.05) is 49.7 Å². The van der Waals surface area contributed by atoms with Crippen molar-refractivity contribution in [3.8, 4) is 0 Å². The molecular weight excluding hydrogens is 422 g/mol. The number of carbonyl (C=O) groups is 2. The zero-order chi connectivity index (χ0) is 23.0. The van der Waals surface area contributed by atoms with Gasteiger partial charge in [0.15, 0.2) is 5.82 Å². The maximum Gasteiger partial charge on any atom is 0.413 e. The van der Waals surface area contributed by atoms with Crippen LogP contribution in [0.5, 0.6) is 0 Å². The third kappa shape index (κ3) is 4.18. The number of anilines is 2. The summed E-state index contributed by atoms with van der Waals surface area (Å²) < 4.78 is 7.07. The molecule has 3 aromatic rings. The Balaban J connectivity index is 1.22. The second-order valence-corrected chi connectivity index (χ2v) is 8.99. The van der Waals surface area contributed by atoms with E-state index < -0.39 is 12.2 Å². The molecule has 2 aliphatic heterocycles. The van der Waals surface area contributed by atoms with Gasteiger partial charge in [0.05, 0.1) is 5.52 Å². The van der Waals surface area contributed by atoms with Crippen LogP contribution in [0.1, 0.15) is 18.4 Å². The van der Waals surface area contributed by atoms with E-state index in [-0.39, 0.29) is 12.0 Å². The standard InChI is InChI=1S/C24H27N5O4/c1-27-20-13-18(29-15-24(16-29)9-11-28(12-10-24)23(31)32)7-8-19(20)21(26-27)25-22(30)33-14-17-5-3-2-4-6-17/h2-8,13H,9-12,14-16H2,1H3,(H,31,32)(H,25,26,30). The lowest BCUT2D eigenvalue weighted by atomic mass is 9.72. The van der Waals surface area contributed by atoms with Gasteiger partial charge in [-0.2, -0.15) is 5.10 Å². The summed E-state index contributed by atoms with van der Waals surface area (Å²) in [6, 6.07) is 15.6. The molecule has 2 amide bonds. The van der Waals surface area contributed by atoms with E-state index >= 15 is 0 Å². The fourth-order valence-corrected chi connectivity index (χ4v) is 4.83. The molecule has 0 unspecified atom stereocenters. The van der Waals surface area contributed by atoms with E-state index in [9.17, 15) is 9.59 Å². The normalized spacial score (nSPS) is 17.1. The van der Waals surface area contributed by atoms with Crippen LogP contribution in [0.2, 0.25) is 0 Å². The van der Waals surface area contributed by atoms with Crippen LogP contribution in [0.15, 0.2) is 48.5 Å². The molecule has 2 N–H and O–H groups in total. The van der Waals surface area contributed by atoms with Crippen molar-refractivity contribution in [1.82, 2.24) is 14.7 Å². The van der Waals surface area contributed by atoms with E-state index in [1.54, 1.807) is 4.68 Å². The Labute approximate surface area is 191 Å². The molecule has 9 heteroatoms. The van der Waals surface area contributed by atoms with Gasteiger partial charge in [-0.1, -0.05) is 30.3 Å². The Morgan fingerprint density at radius 3 is 2.55 bits per heavy atom. The Hall–Kier alpha value is -3.75. The number of hydrogen-bond donors (Lipinski definition) is 2. The molecule has 172 valence electrons.